The van der Waals surface area contributed by atoms with Crippen LogP contribution < -0.4 is 15.4 Å². The zero-order valence-electron chi connectivity index (χ0n) is 24.5. The number of carbonyl (C=O) groups excluding carboxylic acids is 2. The standard InChI is InChI=1S/C35H36F2N2O4/c1-4-43-30-10-7-9-24(16-30)20-38-21-33(40)32(17-25-14-28(36)19-29(37)15-25)39-35(42)27-13-22(2)12-26(18-27)34(41)31-11-6-5-8-23(31)3/h5-16,18-19,32-33,38,40H,4,17,20-21H2,1-3H3,(H,39,42)/t32-,33+/m0/s1. The molecule has 0 aliphatic rings. The second-order valence-electron chi connectivity index (χ2n) is 10.6. The molecule has 0 aromatic heterocycles. The fourth-order valence-electron chi connectivity index (χ4n) is 4.96. The molecule has 0 radical (unpaired) electrons. The molecule has 0 saturated carbocycles. The van der Waals surface area contributed by atoms with Crippen molar-refractivity contribution in [3.05, 3.63) is 136 Å². The van der Waals surface area contributed by atoms with Crippen LogP contribution in [0, 0.1) is 25.5 Å². The minimum atomic E-state index is -1.11. The first kappa shape index (κ1) is 31.5. The van der Waals surface area contributed by atoms with Crippen LogP contribution >= 0.6 is 0 Å². The van der Waals surface area contributed by atoms with Gasteiger partial charge in [0.15, 0.2) is 5.78 Å². The van der Waals surface area contributed by atoms with Crippen molar-refractivity contribution in [1.29, 1.82) is 0 Å². The third kappa shape index (κ3) is 8.80. The summed E-state index contributed by atoms with van der Waals surface area (Å²) in [7, 11) is 0. The highest BCUT2D eigenvalue weighted by molar-refractivity contribution is 6.11. The van der Waals surface area contributed by atoms with Crippen LogP contribution in [0.1, 0.15) is 55.5 Å². The van der Waals surface area contributed by atoms with E-state index in [1.54, 1.807) is 31.2 Å². The van der Waals surface area contributed by atoms with Gasteiger partial charge in [-0.3, -0.25) is 9.59 Å². The number of nitrogens with one attached hydrogen (secondary N) is 2. The minimum Gasteiger partial charge on any atom is -0.494 e. The third-order valence-electron chi connectivity index (χ3n) is 7.04. The van der Waals surface area contributed by atoms with Gasteiger partial charge < -0.3 is 20.5 Å². The van der Waals surface area contributed by atoms with Crippen molar-refractivity contribution in [1.82, 2.24) is 10.6 Å². The van der Waals surface area contributed by atoms with E-state index in [4.69, 9.17) is 4.74 Å². The molecule has 0 bridgehead atoms. The molecule has 2 atom stereocenters. The first-order valence-electron chi connectivity index (χ1n) is 14.2. The highest BCUT2D eigenvalue weighted by atomic mass is 19.1. The summed E-state index contributed by atoms with van der Waals surface area (Å²) < 4.78 is 33.5. The number of amides is 1. The summed E-state index contributed by atoms with van der Waals surface area (Å²) in [5, 5.41) is 17.2. The Kier molecular flexibility index (Phi) is 10.8. The Morgan fingerprint density at radius 2 is 1.58 bits per heavy atom. The van der Waals surface area contributed by atoms with E-state index in [0.29, 0.717) is 29.8 Å². The van der Waals surface area contributed by atoms with Crippen molar-refractivity contribution in [3.63, 3.8) is 0 Å². The van der Waals surface area contributed by atoms with Crippen LogP contribution in [0.15, 0.2) is 84.9 Å². The van der Waals surface area contributed by atoms with Crippen molar-refractivity contribution in [2.24, 2.45) is 0 Å². The van der Waals surface area contributed by atoms with Gasteiger partial charge in [-0.25, -0.2) is 8.78 Å². The van der Waals surface area contributed by atoms with Gasteiger partial charge in [0.25, 0.3) is 5.91 Å². The number of ketones is 1. The summed E-state index contributed by atoms with van der Waals surface area (Å²) >= 11 is 0. The van der Waals surface area contributed by atoms with Crippen LogP contribution in [0.4, 0.5) is 8.78 Å². The Morgan fingerprint density at radius 3 is 2.30 bits per heavy atom. The monoisotopic (exact) mass is 586 g/mol. The lowest BCUT2D eigenvalue weighted by atomic mass is 9.95. The lowest BCUT2D eigenvalue weighted by Gasteiger charge is -2.25. The molecule has 0 heterocycles. The molecule has 0 saturated heterocycles. The predicted octanol–water partition coefficient (Wildman–Crippen LogP) is 5.70. The number of hydrogen-bond acceptors (Lipinski definition) is 5. The lowest BCUT2D eigenvalue weighted by Crippen LogP contribution is -2.48. The Bertz CT molecular complexity index is 1570. The fraction of sp³-hybridized carbons (Fsp3) is 0.257. The summed E-state index contributed by atoms with van der Waals surface area (Å²) in [6, 6.07) is 21.9. The number of benzene rings is 4. The van der Waals surface area contributed by atoms with Gasteiger partial charge in [-0.1, -0.05) is 36.4 Å². The van der Waals surface area contributed by atoms with Crippen LogP contribution in [0.5, 0.6) is 5.75 Å². The van der Waals surface area contributed by atoms with Gasteiger partial charge in [0.2, 0.25) is 0 Å². The third-order valence-corrected chi connectivity index (χ3v) is 7.04. The lowest BCUT2D eigenvalue weighted by molar-refractivity contribution is 0.0829. The van der Waals surface area contributed by atoms with Crippen LogP contribution in [0.25, 0.3) is 0 Å². The highest BCUT2D eigenvalue weighted by Gasteiger charge is 2.24. The summed E-state index contributed by atoms with van der Waals surface area (Å²) in [5.74, 6) is -1.49. The first-order valence-corrected chi connectivity index (χ1v) is 14.2. The van der Waals surface area contributed by atoms with Crippen LogP contribution in [0.2, 0.25) is 0 Å². The SMILES string of the molecule is CCOc1cccc(CNC[C@@H](O)[C@H](Cc2cc(F)cc(F)c2)NC(=O)c2cc(C)cc(C(=O)c3ccccc3C)c2)c1. The number of ether oxygens (including phenoxy) is 1. The normalized spacial score (nSPS) is 12.4. The Balaban J connectivity index is 1.53. The van der Waals surface area contributed by atoms with E-state index in [1.165, 1.54) is 18.2 Å². The van der Waals surface area contributed by atoms with Crippen LogP contribution in [-0.4, -0.2) is 42.1 Å². The first-order chi connectivity index (χ1) is 20.6. The molecule has 4 rings (SSSR count). The molecule has 1 amide bonds. The summed E-state index contributed by atoms with van der Waals surface area (Å²) in [6.07, 6.45) is -1.13. The number of aryl methyl sites for hydroxylation is 2. The molecule has 0 fully saturated rings. The smallest absolute Gasteiger partial charge is 0.251 e. The molecule has 6 nitrogen and oxygen atoms in total. The Morgan fingerprint density at radius 1 is 0.860 bits per heavy atom. The molecule has 4 aromatic carbocycles. The molecule has 8 heteroatoms. The number of carbonyl (C=O) groups is 2. The van der Waals surface area contributed by atoms with Crippen molar-refractivity contribution in [2.75, 3.05) is 13.2 Å². The van der Waals surface area contributed by atoms with E-state index < -0.39 is 29.7 Å². The molecule has 0 unspecified atom stereocenters. The van der Waals surface area contributed by atoms with Crippen molar-refractivity contribution >= 4 is 11.7 Å². The maximum atomic E-state index is 14.0. The van der Waals surface area contributed by atoms with Crippen molar-refractivity contribution < 1.29 is 28.2 Å². The molecular formula is C35H36F2N2O4. The number of hydrogen-bond donors (Lipinski definition) is 3. The van der Waals surface area contributed by atoms with Crippen molar-refractivity contribution in [3.8, 4) is 5.75 Å². The van der Waals surface area contributed by atoms with E-state index >= 15 is 0 Å². The van der Waals surface area contributed by atoms with Gasteiger partial charge in [0.05, 0.1) is 18.8 Å². The highest BCUT2D eigenvalue weighted by Crippen LogP contribution is 2.19. The van der Waals surface area contributed by atoms with Crippen molar-refractivity contribution in [2.45, 2.75) is 45.9 Å². The van der Waals surface area contributed by atoms with Gasteiger partial charge in [-0.15, -0.1) is 0 Å². The second-order valence-corrected chi connectivity index (χ2v) is 10.6. The quantitative estimate of drug-likeness (QED) is 0.175. The fourth-order valence-corrected chi connectivity index (χ4v) is 4.96. The molecule has 0 aliphatic carbocycles. The van der Waals surface area contributed by atoms with E-state index in [2.05, 4.69) is 10.6 Å². The molecule has 43 heavy (non-hydrogen) atoms. The molecule has 0 spiro atoms. The summed E-state index contributed by atoms with van der Waals surface area (Å²) in [4.78, 5) is 26.8. The van der Waals surface area contributed by atoms with Gasteiger partial charge in [-0.05, 0) is 91.9 Å². The Hall–Kier alpha value is -4.40. The average Bonchev–Trinajstić information content (AvgIpc) is 2.96. The Labute approximate surface area is 250 Å². The van der Waals surface area contributed by atoms with E-state index in [-0.39, 0.29) is 29.9 Å². The zero-order valence-corrected chi connectivity index (χ0v) is 24.5. The maximum absolute atomic E-state index is 14.0. The van der Waals surface area contributed by atoms with Gasteiger partial charge in [-0.2, -0.15) is 0 Å². The molecule has 3 N–H and O–H groups in total. The molecule has 0 aliphatic heterocycles. The summed E-state index contributed by atoms with van der Waals surface area (Å²) in [5.41, 5.74) is 3.90. The maximum Gasteiger partial charge on any atom is 0.251 e. The summed E-state index contributed by atoms with van der Waals surface area (Å²) in [6.45, 7) is 6.60. The van der Waals surface area contributed by atoms with Gasteiger partial charge in [0, 0.05) is 35.8 Å². The minimum absolute atomic E-state index is 0.0239. The number of aliphatic hydroxyl groups excluding tert-OH is 1. The molecule has 224 valence electrons. The average molecular weight is 587 g/mol. The van der Waals surface area contributed by atoms with E-state index in [0.717, 1.165) is 22.9 Å². The number of rotatable bonds is 13. The number of aliphatic hydroxyl groups is 1. The van der Waals surface area contributed by atoms with Crippen LogP contribution in [0.3, 0.4) is 0 Å². The largest absolute Gasteiger partial charge is 0.494 e. The second kappa shape index (κ2) is 14.7. The molecular weight excluding hydrogens is 550 g/mol. The van der Waals surface area contributed by atoms with E-state index in [9.17, 15) is 23.5 Å². The van der Waals surface area contributed by atoms with Gasteiger partial charge in [0.1, 0.15) is 17.4 Å². The van der Waals surface area contributed by atoms with Crippen LogP contribution in [-0.2, 0) is 13.0 Å². The topological polar surface area (TPSA) is 87.7 Å². The zero-order chi connectivity index (χ0) is 30.9. The molecule has 4 aromatic rings. The predicted molar refractivity (Wildman–Crippen MR) is 162 cm³/mol. The van der Waals surface area contributed by atoms with Gasteiger partial charge >= 0.3 is 0 Å². The number of halogens is 2. The van der Waals surface area contributed by atoms with E-state index in [1.807, 2.05) is 50.2 Å².